The van der Waals surface area contributed by atoms with Crippen LogP contribution in [0, 0.1) is 11.3 Å². The number of hydrogen-bond donors (Lipinski definition) is 0. The Bertz CT molecular complexity index is 973. The molecule has 0 aliphatic heterocycles. The van der Waals surface area contributed by atoms with Crippen molar-refractivity contribution in [1.82, 2.24) is 0 Å². The van der Waals surface area contributed by atoms with Gasteiger partial charge in [0.2, 0.25) is 0 Å². The minimum absolute atomic E-state index is 0.324. The van der Waals surface area contributed by atoms with Crippen molar-refractivity contribution >= 4 is 6.08 Å². The summed E-state index contributed by atoms with van der Waals surface area (Å²) in [5, 5.41) is 0. The first-order valence-electron chi connectivity index (χ1n) is 12.6. The molecule has 0 N–H and O–H groups in total. The van der Waals surface area contributed by atoms with Crippen LogP contribution in [0.15, 0.2) is 40.5 Å². The molecule has 0 bridgehead atoms. The van der Waals surface area contributed by atoms with E-state index in [1.165, 1.54) is 32.1 Å². The standard InChI is InChI=1S/C20H27.C10H15.Hf/c1-5-14(4)18-9-8-15-10-16-12-20(6-2,7-3)13-17(16)11-19(15)18;1-6-7(2)9(4)10(5)8(6)3;/h8-11,14H,5-7,12-13H2,1-4H3;1-5H3;. The summed E-state index contributed by atoms with van der Waals surface area (Å²) in [6, 6.07) is 5.30. The van der Waals surface area contributed by atoms with Crippen molar-refractivity contribution in [3.63, 3.8) is 0 Å². The second-order valence-corrected chi connectivity index (χ2v) is 18.5. The van der Waals surface area contributed by atoms with Gasteiger partial charge in [0, 0.05) is 0 Å². The van der Waals surface area contributed by atoms with E-state index < -0.39 is 22.9 Å². The van der Waals surface area contributed by atoms with E-state index in [0.717, 1.165) is 0 Å². The van der Waals surface area contributed by atoms with Crippen molar-refractivity contribution in [3.8, 4) is 0 Å². The van der Waals surface area contributed by atoms with E-state index in [1.807, 2.05) is 0 Å². The number of rotatable bonds is 6. The minimum atomic E-state index is -1.21. The van der Waals surface area contributed by atoms with Crippen LogP contribution in [-0.2, 0) is 38.9 Å². The van der Waals surface area contributed by atoms with Gasteiger partial charge in [0.15, 0.2) is 0 Å². The van der Waals surface area contributed by atoms with Crippen molar-refractivity contribution in [2.24, 2.45) is 11.3 Å². The monoisotopic (exact) mass is 582 g/mol. The van der Waals surface area contributed by atoms with Crippen molar-refractivity contribution in [3.05, 3.63) is 62.8 Å². The summed E-state index contributed by atoms with van der Waals surface area (Å²) in [4.78, 5) is 0. The Morgan fingerprint density at radius 2 is 1.45 bits per heavy atom. The predicted molar refractivity (Wildman–Crippen MR) is 132 cm³/mol. The first-order valence-corrected chi connectivity index (χ1v) is 16.2. The number of hydrogen-bond acceptors (Lipinski definition) is 0. The van der Waals surface area contributed by atoms with Gasteiger partial charge in [-0.05, 0) is 0 Å². The third kappa shape index (κ3) is 3.31. The van der Waals surface area contributed by atoms with E-state index in [4.69, 9.17) is 0 Å². The maximum atomic E-state index is 2.70. The van der Waals surface area contributed by atoms with Crippen LogP contribution in [0.3, 0.4) is 0 Å². The molecule has 0 amide bonds. The topological polar surface area (TPSA) is 0 Å². The number of fused-ring (bicyclic) bond motifs is 2. The van der Waals surface area contributed by atoms with E-state index in [2.05, 4.69) is 86.6 Å². The van der Waals surface area contributed by atoms with Crippen molar-refractivity contribution in [2.45, 2.75) is 101 Å². The summed E-state index contributed by atoms with van der Waals surface area (Å²) in [7, 11) is 0. The third-order valence-corrected chi connectivity index (χ3v) is 19.3. The van der Waals surface area contributed by atoms with Crippen LogP contribution in [0.4, 0.5) is 0 Å². The summed E-state index contributed by atoms with van der Waals surface area (Å²) in [6.07, 6.45) is 11.7. The van der Waals surface area contributed by atoms with E-state index >= 15 is 0 Å². The van der Waals surface area contributed by atoms with Crippen molar-refractivity contribution in [2.75, 3.05) is 0 Å². The molecule has 0 radical (unpaired) electrons. The molecule has 0 aromatic heterocycles. The van der Waals surface area contributed by atoms with E-state index in [1.54, 1.807) is 44.5 Å². The Balaban J connectivity index is 1.83. The normalized spacial score (nSPS) is 26.5. The van der Waals surface area contributed by atoms with Crippen LogP contribution in [-0.4, -0.2) is 0 Å². The van der Waals surface area contributed by atoms with Crippen LogP contribution >= 0.6 is 0 Å². The van der Waals surface area contributed by atoms with Crippen molar-refractivity contribution < 1.29 is 22.9 Å². The molecule has 4 rings (SSSR count). The molecule has 0 spiro atoms. The van der Waals surface area contributed by atoms with Gasteiger partial charge in [-0.25, -0.2) is 0 Å². The number of benzene rings is 1. The molecular weight excluding hydrogens is 539 g/mol. The van der Waals surface area contributed by atoms with Crippen LogP contribution in [0.1, 0.15) is 104 Å². The van der Waals surface area contributed by atoms with Crippen LogP contribution in [0.2, 0.25) is 3.17 Å². The van der Waals surface area contributed by atoms with Gasteiger partial charge in [-0.15, -0.1) is 0 Å². The van der Waals surface area contributed by atoms with E-state index in [0.29, 0.717) is 17.7 Å². The Morgan fingerprint density at radius 3 is 1.97 bits per heavy atom. The molecule has 2 unspecified atom stereocenters. The van der Waals surface area contributed by atoms with Gasteiger partial charge >= 0.3 is 204 Å². The van der Waals surface area contributed by atoms with Gasteiger partial charge in [0.1, 0.15) is 0 Å². The van der Waals surface area contributed by atoms with Gasteiger partial charge in [-0.3, -0.25) is 0 Å². The molecule has 1 aromatic carbocycles. The predicted octanol–water partition coefficient (Wildman–Crippen LogP) is 8.81. The molecule has 0 fully saturated rings. The molecular formula is C30H42Hf. The van der Waals surface area contributed by atoms with Crippen LogP contribution < -0.4 is 0 Å². The second kappa shape index (κ2) is 7.96. The summed E-state index contributed by atoms with van der Waals surface area (Å²) < 4.78 is 0.671. The molecule has 3 aliphatic rings. The molecule has 31 heavy (non-hydrogen) atoms. The Hall–Kier alpha value is -0.690. The number of allylic oxidation sites excluding steroid dienone is 5. The van der Waals surface area contributed by atoms with E-state index in [-0.39, 0.29) is 0 Å². The van der Waals surface area contributed by atoms with Gasteiger partial charge in [0.05, 0.1) is 0 Å². The fourth-order valence-corrected chi connectivity index (χ4v) is 15.8. The van der Waals surface area contributed by atoms with Crippen LogP contribution in [0.5, 0.6) is 0 Å². The average Bonchev–Trinajstić information content (AvgIpc) is 3.36. The Kier molecular flexibility index (Phi) is 6.03. The molecule has 1 heteroatoms. The third-order valence-electron chi connectivity index (χ3n) is 10.0. The summed E-state index contributed by atoms with van der Waals surface area (Å²) in [6.45, 7) is 21.9. The molecule has 0 saturated carbocycles. The van der Waals surface area contributed by atoms with Crippen LogP contribution in [0.25, 0.3) is 6.08 Å². The molecule has 0 heterocycles. The second-order valence-electron chi connectivity index (χ2n) is 11.0. The first kappa shape index (κ1) is 23.5. The zero-order valence-electron chi connectivity index (χ0n) is 21.4. The molecule has 166 valence electrons. The molecule has 2 atom stereocenters. The van der Waals surface area contributed by atoms with Gasteiger partial charge < -0.3 is 0 Å². The zero-order chi connectivity index (χ0) is 22.8. The fourth-order valence-electron chi connectivity index (χ4n) is 6.64. The Morgan fingerprint density at radius 1 is 0.903 bits per heavy atom. The average molecular weight is 581 g/mol. The maximum absolute atomic E-state index is 2.70. The van der Waals surface area contributed by atoms with Gasteiger partial charge in [-0.2, -0.15) is 0 Å². The molecule has 0 nitrogen and oxygen atoms in total. The summed E-state index contributed by atoms with van der Waals surface area (Å²) in [5.74, 6) is 0.716. The quantitative estimate of drug-likeness (QED) is 0.295. The first-order chi connectivity index (χ1) is 14.6. The molecule has 3 aliphatic carbocycles. The molecule has 0 saturated heterocycles. The Labute approximate surface area is 203 Å². The van der Waals surface area contributed by atoms with Crippen molar-refractivity contribution in [1.29, 1.82) is 0 Å². The molecule has 1 aromatic rings. The SMILES string of the molecule is CCC(C)[C]1([Hf][C]2(C)C(C)=C(C)C(C)=C2C)C=Cc2cc3c(cc21)CC(CC)(CC)C3. The summed E-state index contributed by atoms with van der Waals surface area (Å²) in [5.41, 5.74) is 13.6. The van der Waals surface area contributed by atoms with Gasteiger partial charge in [-0.1, -0.05) is 0 Å². The van der Waals surface area contributed by atoms with E-state index in [9.17, 15) is 0 Å². The zero-order valence-corrected chi connectivity index (χ0v) is 25.0. The fraction of sp³-hybridized carbons (Fsp3) is 0.600. The summed E-state index contributed by atoms with van der Waals surface area (Å²) >= 11 is -1.21. The van der Waals surface area contributed by atoms with Gasteiger partial charge in [0.25, 0.3) is 0 Å².